The van der Waals surface area contributed by atoms with Crippen molar-refractivity contribution in [1.82, 2.24) is 0 Å². The van der Waals surface area contributed by atoms with E-state index in [-0.39, 0.29) is 4.51 Å². The number of aryl methyl sites for hydroxylation is 2. The minimum atomic E-state index is -0.359. The summed E-state index contributed by atoms with van der Waals surface area (Å²) in [4.78, 5) is 0. The molecule has 0 unspecified atom stereocenters. The van der Waals surface area contributed by atoms with Crippen molar-refractivity contribution < 1.29 is 9.47 Å². The number of ether oxygens (including phenoxy) is 2. The van der Waals surface area contributed by atoms with E-state index in [9.17, 15) is 0 Å². The van der Waals surface area contributed by atoms with Crippen LogP contribution in [0, 0.1) is 13.8 Å². The molecule has 3 heteroatoms. The van der Waals surface area contributed by atoms with Gasteiger partial charge in [-0.3, -0.25) is 0 Å². The zero-order valence-electron chi connectivity index (χ0n) is 9.26. The Bertz CT molecular complexity index is 389. The predicted molar refractivity (Wildman–Crippen MR) is 64.0 cm³/mol. The highest BCUT2D eigenvalue weighted by atomic mass is 79.9. The second-order valence-corrected chi connectivity index (χ2v) is 5.46. The number of alkyl halides is 1. The first-order valence-corrected chi connectivity index (χ1v) is 5.95. The van der Waals surface area contributed by atoms with Gasteiger partial charge in [-0.25, -0.2) is 0 Å². The second kappa shape index (κ2) is 3.71. The Kier molecular flexibility index (Phi) is 2.67. The van der Waals surface area contributed by atoms with E-state index >= 15 is 0 Å². The first-order valence-electron chi connectivity index (χ1n) is 5.16. The van der Waals surface area contributed by atoms with Crippen LogP contribution in [-0.2, 0) is 0 Å². The Morgan fingerprint density at radius 2 is 1.87 bits per heavy atom. The van der Waals surface area contributed by atoms with E-state index in [2.05, 4.69) is 36.7 Å². The minimum Gasteiger partial charge on any atom is -0.485 e. The van der Waals surface area contributed by atoms with E-state index in [1.54, 1.807) is 0 Å². The van der Waals surface area contributed by atoms with Crippen molar-refractivity contribution in [1.29, 1.82) is 0 Å². The van der Waals surface area contributed by atoms with E-state index in [1.165, 1.54) is 11.1 Å². The summed E-state index contributed by atoms with van der Waals surface area (Å²) in [6, 6.07) is 4.07. The lowest BCUT2D eigenvalue weighted by Gasteiger charge is -2.33. The highest BCUT2D eigenvalue weighted by Crippen LogP contribution is 2.40. The Balaban J connectivity index is 2.38. The lowest BCUT2D eigenvalue weighted by atomic mass is 10.1. The van der Waals surface area contributed by atoms with Crippen LogP contribution in [0.15, 0.2) is 12.1 Å². The van der Waals surface area contributed by atoms with E-state index in [0.29, 0.717) is 6.61 Å². The van der Waals surface area contributed by atoms with Crippen LogP contribution in [0.3, 0.4) is 0 Å². The standard InChI is InChI=1S/C12H15BrO2/c1-4-12(13)7-14-10-5-8(2)9(3)6-11(10)15-12/h5-6H,4,7H2,1-3H3/t12-/m0/s1. The van der Waals surface area contributed by atoms with Crippen LogP contribution in [0.4, 0.5) is 0 Å². The summed E-state index contributed by atoms with van der Waals surface area (Å²) < 4.78 is 11.2. The molecule has 0 bridgehead atoms. The fourth-order valence-corrected chi connectivity index (χ4v) is 1.83. The van der Waals surface area contributed by atoms with Gasteiger partial charge in [0.2, 0.25) is 0 Å². The topological polar surface area (TPSA) is 18.5 Å². The van der Waals surface area contributed by atoms with Crippen molar-refractivity contribution >= 4 is 15.9 Å². The van der Waals surface area contributed by atoms with Gasteiger partial charge in [-0.05, 0) is 59.5 Å². The number of benzene rings is 1. The van der Waals surface area contributed by atoms with E-state index in [1.807, 2.05) is 12.1 Å². The molecule has 2 rings (SSSR count). The minimum absolute atomic E-state index is 0.359. The van der Waals surface area contributed by atoms with Crippen molar-refractivity contribution in [2.24, 2.45) is 0 Å². The summed E-state index contributed by atoms with van der Waals surface area (Å²) in [5.74, 6) is 1.68. The van der Waals surface area contributed by atoms with Gasteiger partial charge in [0.05, 0.1) is 0 Å². The largest absolute Gasteiger partial charge is 0.485 e. The van der Waals surface area contributed by atoms with Gasteiger partial charge in [-0.15, -0.1) is 0 Å². The van der Waals surface area contributed by atoms with Gasteiger partial charge >= 0.3 is 0 Å². The first-order chi connectivity index (χ1) is 7.04. The lowest BCUT2D eigenvalue weighted by molar-refractivity contribution is 0.0667. The molecule has 0 amide bonds. The van der Waals surface area contributed by atoms with Crippen molar-refractivity contribution in [3.8, 4) is 11.5 Å². The molecule has 1 atom stereocenters. The Morgan fingerprint density at radius 1 is 1.27 bits per heavy atom. The summed E-state index contributed by atoms with van der Waals surface area (Å²) in [7, 11) is 0. The number of hydrogen-bond acceptors (Lipinski definition) is 2. The third-order valence-electron chi connectivity index (χ3n) is 2.82. The van der Waals surface area contributed by atoms with Crippen LogP contribution in [-0.4, -0.2) is 11.1 Å². The Hall–Kier alpha value is -0.700. The lowest BCUT2D eigenvalue weighted by Crippen LogP contribution is -2.38. The van der Waals surface area contributed by atoms with Crippen LogP contribution < -0.4 is 9.47 Å². The summed E-state index contributed by atoms with van der Waals surface area (Å²) in [5, 5.41) is 0. The van der Waals surface area contributed by atoms with E-state index in [4.69, 9.17) is 9.47 Å². The second-order valence-electron chi connectivity index (χ2n) is 4.01. The molecule has 0 fully saturated rings. The monoisotopic (exact) mass is 270 g/mol. The maximum Gasteiger partial charge on any atom is 0.196 e. The molecule has 82 valence electrons. The number of fused-ring (bicyclic) bond motifs is 1. The van der Waals surface area contributed by atoms with E-state index < -0.39 is 0 Å². The number of halogens is 1. The molecule has 0 spiro atoms. The SMILES string of the molecule is CC[C@@]1(Br)COc2cc(C)c(C)cc2O1. The zero-order chi connectivity index (χ0) is 11.1. The van der Waals surface area contributed by atoms with Gasteiger partial charge in [0.25, 0.3) is 0 Å². The number of rotatable bonds is 1. The first kappa shape index (κ1) is 10.8. The Labute approximate surface area is 98.7 Å². The van der Waals surface area contributed by atoms with Crippen LogP contribution >= 0.6 is 15.9 Å². The summed E-state index contributed by atoms with van der Waals surface area (Å²) in [5.41, 5.74) is 2.46. The van der Waals surface area contributed by atoms with Gasteiger partial charge in [0, 0.05) is 0 Å². The average Bonchev–Trinajstić information content (AvgIpc) is 2.21. The van der Waals surface area contributed by atoms with E-state index in [0.717, 1.165) is 17.9 Å². The molecule has 1 aromatic carbocycles. The molecule has 0 saturated heterocycles. The van der Waals surface area contributed by atoms with Gasteiger partial charge in [-0.2, -0.15) is 0 Å². The third-order valence-corrected chi connectivity index (χ3v) is 3.78. The molecule has 0 N–H and O–H groups in total. The van der Waals surface area contributed by atoms with Crippen LogP contribution in [0.25, 0.3) is 0 Å². The van der Waals surface area contributed by atoms with Crippen molar-refractivity contribution in [3.05, 3.63) is 23.3 Å². The molecule has 1 aliphatic rings. The van der Waals surface area contributed by atoms with Crippen LogP contribution in [0.2, 0.25) is 0 Å². The zero-order valence-corrected chi connectivity index (χ0v) is 10.8. The fourth-order valence-electron chi connectivity index (χ4n) is 1.54. The predicted octanol–water partition coefficient (Wildman–Crippen LogP) is 3.58. The van der Waals surface area contributed by atoms with Gasteiger partial charge in [-0.1, -0.05) is 6.92 Å². The highest BCUT2D eigenvalue weighted by Gasteiger charge is 2.33. The molecule has 1 aliphatic heterocycles. The molecule has 0 aromatic heterocycles. The molecular formula is C12H15BrO2. The molecule has 0 saturated carbocycles. The average molecular weight is 271 g/mol. The molecular weight excluding hydrogens is 256 g/mol. The maximum atomic E-state index is 5.90. The molecule has 1 heterocycles. The molecule has 0 radical (unpaired) electrons. The third kappa shape index (κ3) is 1.98. The van der Waals surface area contributed by atoms with Crippen molar-refractivity contribution in [2.45, 2.75) is 31.7 Å². The van der Waals surface area contributed by atoms with Gasteiger partial charge in [0.15, 0.2) is 16.0 Å². The Morgan fingerprint density at radius 3 is 2.47 bits per heavy atom. The highest BCUT2D eigenvalue weighted by molar-refractivity contribution is 9.10. The van der Waals surface area contributed by atoms with Crippen LogP contribution in [0.5, 0.6) is 11.5 Å². The normalized spacial score (nSPS) is 24.0. The molecule has 0 aliphatic carbocycles. The number of hydrogen-bond donors (Lipinski definition) is 0. The smallest absolute Gasteiger partial charge is 0.196 e. The molecule has 2 nitrogen and oxygen atoms in total. The van der Waals surface area contributed by atoms with Gasteiger partial charge in [0.1, 0.15) is 6.61 Å². The van der Waals surface area contributed by atoms with Crippen LogP contribution in [0.1, 0.15) is 24.5 Å². The van der Waals surface area contributed by atoms with Crippen molar-refractivity contribution in [3.63, 3.8) is 0 Å². The molecule has 1 aromatic rings. The summed E-state index contributed by atoms with van der Waals surface area (Å²) in [6.45, 7) is 6.79. The summed E-state index contributed by atoms with van der Waals surface area (Å²) in [6.07, 6.45) is 0.874. The fraction of sp³-hybridized carbons (Fsp3) is 0.500. The van der Waals surface area contributed by atoms with Crippen molar-refractivity contribution in [2.75, 3.05) is 6.61 Å². The summed E-state index contributed by atoms with van der Waals surface area (Å²) >= 11 is 3.56. The quantitative estimate of drug-likeness (QED) is 0.727. The maximum absolute atomic E-state index is 5.90. The molecule has 15 heavy (non-hydrogen) atoms. The van der Waals surface area contributed by atoms with Gasteiger partial charge < -0.3 is 9.47 Å².